The third-order valence-electron chi connectivity index (χ3n) is 9.88. The highest BCUT2D eigenvalue weighted by Crippen LogP contribution is 2.57. The summed E-state index contributed by atoms with van der Waals surface area (Å²) in [5, 5.41) is 45.1. The molecule has 0 spiro atoms. The zero-order valence-electron chi connectivity index (χ0n) is 27.7. The van der Waals surface area contributed by atoms with Gasteiger partial charge in [-0.15, -0.1) is 0 Å². The van der Waals surface area contributed by atoms with Crippen LogP contribution in [0, 0.1) is 11.8 Å². The maximum absolute atomic E-state index is 12.3. The van der Waals surface area contributed by atoms with Crippen molar-refractivity contribution >= 4 is 21.6 Å². The van der Waals surface area contributed by atoms with Gasteiger partial charge in [-0.25, -0.2) is 0 Å². The number of phenolic OH excluding ortho intramolecular Hbond substituents is 3. The Balaban J connectivity index is 1.51. The molecule has 3 aromatic carbocycles. The third-order valence-corrected chi connectivity index (χ3v) is 12.4. The van der Waals surface area contributed by atoms with Crippen molar-refractivity contribution in [1.82, 2.24) is 0 Å². The smallest absolute Gasteiger partial charge is 0.207 e. The maximum atomic E-state index is 12.3. The van der Waals surface area contributed by atoms with Gasteiger partial charge in [0.2, 0.25) is 11.5 Å². The Morgan fingerprint density at radius 3 is 2.49 bits per heavy atom. The van der Waals surface area contributed by atoms with Crippen LogP contribution in [0.2, 0.25) is 0 Å². The highest BCUT2D eigenvalue weighted by Gasteiger charge is 2.44. The van der Waals surface area contributed by atoms with Crippen LogP contribution >= 0.6 is 21.6 Å². The van der Waals surface area contributed by atoms with Crippen LogP contribution in [0.15, 0.2) is 30.3 Å². The van der Waals surface area contributed by atoms with E-state index in [0.29, 0.717) is 35.7 Å². The summed E-state index contributed by atoms with van der Waals surface area (Å²) in [6.45, 7) is 6.87. The van der Waals surface area contributed by atoms with Crippen LogP contribution in [-0.4, -0.2) is 58.9 Å². The molecule has 0 saturated carbocycles. The van der Waals surface area contributed by atoms with E-state index in [1.54, 1.807) is 30.0 Å². The van der Waals surface area contributed by atoms with Crippen molar-refractivity contribution < 1.29 is 39.4 Å². The van der Waals surface area contributed by atoms with Crippen molar-refractivity contribution in [2.45, 2.75) is 76.9 Å². The summed E-state index contributed by atoms with van der Waals surface area (Å²) in [4.78, 5) is 0. The monoisotopic (exact) mass is 682 g/mol. The second-order valence-electron chi connectivity index (χ2n) is 13.5. The molecular weight excluding hydrogens is 637 g/mol. The van der Waals surface area contributed by atoms with E-state index in [2.05, 4.69) is 20.8 Å². The molecule has 47 heavy (non-hydrogen) atoms. The van der Waals surface area contributed by atoms with E-state index in [1.807, 2.05) is 29.0 Å². The minimum atomic E-state index is -1.03. The van der Waals surface area contributed by atoms with Crippen LogP contribution in [0.1, 0.15) is 86.6 Å². The summed E-state index contributed by atoms with van der Waals surface area (Å²) < 4.78 is 24.1. The Kier molecular flexibility index (Phi) is 10.2. The third kappa shape index (κ3) is 6.53. The van der Waals surface area contributed by atoms with Crippen LogP contribution in [0.4, 0.5) is 0 Å². The van der Waals surface area contributed by atoms with Crippen LogP contribution < -0.4 is 18.9 Å². The summed E-state index contributed by atoms with van der Waals surface area (Å²) in [6.07, 6.45) is 2.69. The Bertz CT molecular complexity index is 1610. The van der Waals surface area contributed by atoms with Gasteiger partial charge in [0.15, 0.2) is 17.6 Å². The fraction of sp³-hybridized carbons (Fsp3) is 0.514. The standard InChI is InChI=1S/C37H46O8S2/c1-19(2)10-12-44-30-16-26(33(39)37(43-5)35(30)41)36-34(40)27-18-47-46-13-11-20(3)6-7-21-14-25-31(23-9-8-22(38)15-24(21)23)28(42-4)17-29(45-36)32(25)27/h8-9,15-17,19-21,27,34,36,38-41H,6-7,10-14,18H2,1-5H3. The number of hydrogen-bond donors (Lipinski definition) is 4. The Morgan fingerprint density at radius 2 is 1.74 bits per heavy atom. The largest absolute Gasteiger partial charge is 0.508 e. The van der Waals surface area contributed by atoms with Crippen LogP contribution in [0.25, 0.3) is 11.1 Å². The lowest BCUT2D eigenvalue weighted by Crippen LogP contribution is -2.37. The quantitative estimate of drug-likeness (QED) is 0.181. The van der Waals surface area contributed by atoms with Gasteiger partial charge < -0.3 is 39.4 Å². The normalized spacial score (nSPS) is 23.9. The minimum absolute atomic E-state index is 0.122. The van der Waals surface area contributed by atoms with Gasteiger partial charge in [-0.3, -0.25) is 0 Å². The minimum Gasteiger partial charge on any atom is -0.508 e. The van der Waals surface area contributed by atoms with Crippen LogP contribution in [0.3, 0.4) is 0 Å². The first kappa shape index (κ1) is 33.8. The van der Waals surface area contributed by atoms with E-state index in [-0.39, 0.29) is 46.1 Å². The summed E-state index contributed by atoms with van der Waals surface area (Å²) in [7, 11) is 6.60. The van der Waals surface area contributed by atoms with E-state index in [0.717, 1.165) is 65.7 Å². The van der Waals surface area contributed by atoms with Gasteiger partial charge in [0.25, 0.3) is 0 Å². The first-order chi connectivity index (χ1) is 22.6. The second-order valence-corrected chi connectivity index (χ2v) is 16.1. The Labute approximate surface area is 285 Å². The molecule has 3 aliphatic rings. The molecule has 5 atom stereocenters. The SMILES string of the molecule is COc1cc2c3c4c1-c1ccc(O)cc1C(CCC(C)CCSSCC3C(O)C(c1cc(OCCC(C)C)c(O)c(OC)c1O)O2)C4. The number of methoxy groups -OCH3 is 2. The molecule has 0 aromatic heterocycles. The molecule has 3 aromatic rings. The van der Waals surface area contributed by atoms with Crippen molar-refractivity contribution in [3.63, 3.8) is 0 Å². The zero-order chi connectivity index (χ0) is 33.4. The van der Waals surface area contributed by atoms with Crippen molar-refractivity contribution in [1.29, 1.82) is 0 Å². The number of aliphatic hydroxyl groups is 1. The first-order valence-electron chi connectivity index (χ1n) is 16.5. The molecule has 4 N–H and O–H groups in total. The number of benzene rings is 3. The van der Waals surface area contributed by atoms with Crippen molar-refractivity contribution in [3.05, 3.63) is 52.6 Å². The average Bonchev–Trinajstić information content (AvgIpc) is 3.05. The molecule has 0 fully saturated rings. The summed E-state index contributed by atoms with van der Waals surface area (Å²) in [5.41, 5.74) is 5.49. The van der Waals surface area contributed by atoms with Gasteiger partial charge in [-0.1, -0.05) is 54.8 Å². The van der Waals surface area contributed by atoms with Gasteiger partial charge in [0, 0.05) is 40.2 Å². The number of rotatable bonds is 7. The molecule has 0 amide bonds. The zero-order valence-corrected chi connectivity index (χ0v) is 29.4. The topological polar surface area (TPSA) is 118 Å². The lowest BCUT2D eigenvalue weighted by molar-refractivity contribution is 0.00296. The molecule has 1 aliphatic carbocycles. The molecule has 5 unspecified atom stereocenters. The number of phenols is 3. The molecule has 6 rings (SSSR count). The molecule has 0 saturated heterocycles. The first-order valence-corrected chi connectivity index (χ1v) is 19.0. The van der Waals surface area contributed by atoms with E-state index >= 15 is 0 Å². The fourth-order valence-corrected chi connectivity index (χ4v) is 9.83. The van der Waals surface area contributed by atoms with Crippen LogP contribution in [0.5, 0.6) is 40.2 Å². The van der Waals surface area contributed by atoms with E-state index in [4.69, 9.17) is 18.9 Å². The number of hydrogen-bond acceptors (Lipinski definition) is 10. The maximum Gasteiger partial charge on any atom is 0.207 e. The number of ether oxygens (including phenoxy) is 4. The van der Waals surface area contributed by atoms with Gasteiger partial charge in [0.1, 0.15) is 23.4 Å². The lowest BCUT2D eigenvalue weighted by Gasteiger charge is -2.41. The Hall–Kier alpha value is -3.08. The molecule has 8 nitrogen and oxygen atoms in total. The number of fused-ring (bicyclic) bond motifs is 4. The molecule has 2 bridgehead atoms. The summed E-state index contributed by atoms with van der Waals surface area (Å²) in [6, 6.07) is 9.06. The molecular formula is C37H46O8S2. The molecule has 10 heteroatoms. The number of aliphatic hydroxyl groups excluding tert-OH is 1. The molecule has 254 valence electrons. The van der Waals surface area contributed by atoms with Gasteiger partial charge in [-0.05, 0) is 78.3 Å². The molecule has 0 radical (unpaired) electrons. The predicted molar refractivity (Wildman–Crippen MR) is 188 cm³/mol. The van der Waals surface area contributed by atoms with Gasteiger partial charge in [-0.2, -0.15) is 0 Å². The van der Waals surface area contributed by atoms with Crippen molar-refractivity contribution in [2.75, 3.05) is 32.3 Å². The van der Waals surface area contributed by atoms with E-state index in [1.165, 1.54) is 7.11 Å². The van der Waals surface area contributed by atoms with Crippen molar-refractivity contribution in [2.24, 2.45) is 11.8 Å². The predicted octanol–water partition coefficient (Wildman–Crippen LogP) is 8.33. The number of aromatic hydroxyl groups is 3. The fourth-order valence-electron chi connectivity index (χ4n) is 7.24. The second kappa shape index (κ2) is 14.2. The Morgan fingerprint density at radius 1 is 0.936 bits per heavy atom. The van der Waals surface area contributed by atoms with Crippen molar-refractivity contribution in [3.8, 4) is 51.4 Å². The molecule has 2 aliphatic heterocycles. The van der Waals surface area contributed by atoms with E-state index in [9.17, 15) is 20.4 Å². The highest BCUT2D eigenvalue weighted by molar-refractivity contribution is 8.76. The molecule has 2 heterocycles. The lowest BCUT2D eigenvalue weighted by atomic mass is 9.71. The van der Waals surface area contributed by atoms with E-state index < -0.39 is 12.2 Å². The summed E-state index contributed by atoms with van der Waals surface area (Å²) in [5.74, 6) is 3.43. The summed E-state index contributed by atoms with van der Waals surface area (Å²) >= 11 is 0. The van der Waals surface area contributed by atoms with Gasteiger partial charge >= 0.3 is 0 Å². The highest BCUT2D eigenvalue weighted by atomic mass is 33.1. The average molecular weight is 683 g/mol. The van der Waals surface area contributed by atoms with Gasteiger partial charge in [0.05, 0.1) is 20.8 Å². The van der Waals surface area contributed by atoms with Crippen LogP contribution in [-0.2, 0) is 6.42 Å².